The first-order valence-electron chi connectivity index (χ1n) is 4.35. The average Bonchev–Trinajstić information content (AvgIpc) is 2.15. The molecule has 0 heterocycles. The van der Waals surface area contributed by atoms with E-state index in [-0.39, 0.29) is 5.91 Å². The molecule has 0 aliphatic heterocycles. The third-order valence-electron chi connectivity index (χ3n) is 1.43. The standard InChI is InChI=1S/C11H13NO2/c1-9(2)8-11(13)12-14-10-6-4-3-5-7-10/h3-8H,1-2H3,(H,12,13). The summed E-state index contributed by atoms with van der Waals surface area (Å²) in [5.74, 6) is 0.358. The molecule has 1 N–H and O–H groups in total. The quantitative estimate of drug-likeness (QED) is 0.586. The van der Waals surface area contributed by atoms with E-state index in [1.165, 1.54) is 6.08 Å². The Bertz CT molecular complexity index is 326. The van der Waals surface area contributed by atoms with E-state index in [2.05, 4.69) is 5.48 Å². The van der Waals surface area contributed by atoms with Gasteiger partial charge in [-0.2, -0.15) is 5.48 Å². The zero-order valence-corrected chi connectivity index (χ0v) is 8.28. The number of hydroxylamine groups is 1. The number of hydrogen-bond acceptors (Lipinski definition) is 2. The molecule has 0 aromatic heterocycles. The summed E-state index contributed by atoms with van der Waals surface area (Å²) >= 11 is 0. The minimum atomic E-state index is -0.256. The second-order valence-electron chi connectivity index (χ2n) is 3.10. The number of allylic oxidation sites excluding steroid dienone is 1. The van der Waals surface area contributed by atoms with E-state index in [0.29, 0.717) is 5.75 Å². The van der Waals surface area contributed by atoms with Crippen LogP contribution in [0.4, 0.5) is 0 Å². The molecule has 3 heteroatoms. The molecule has 0 saturated carbocycles. The van der Waals surface area contributed by atoms with Gasteiger partial charge in [0.15, 0.2) is 5.75 Å². The first-order valence-corrected chi connectivity index (χ1v) is 4.35. The van der Waals surface area contributed by atoms with Crippen LogP contribution < -0.4 is 10.3 Å². The van der Waals surface area contributed by atoms with Gasteiger partial charge in [0.05, 0.1) is 0 Å². The van der Waals surface area contributed by atoms with Crippen LogP contribution in [0.3, 0.4) is 0 Å². The van der Waals surface area contributed by atoms with Crippen LogP contribution in [0, 0.1) is 0 Å². The van der Waals surface area contributed by atoms with Crippen molar-refractivity contribution in [1.29, 1.82) is 0 Å². The van der Waals surface area contributed by atoms with Crippen molar-refractivity contribution in [3.8, 4) is 5.75 Å². The summed E-state index contributed by atoms with van der Waals surface area (Å²) in [4.78, 5) is 16.1. The largest absolute Gasteiger partial charge is 0.379 e. The highest BCUT2D eigenvalue weighted by molar-refractivity contribution is 5.87. The molecule has 1 amide bonds. The van der Waals surface area contributed by atoms with Gasteiger partial charge < -0.3 is 4.84 Å². The van der Waals surface area contributed by atoms with Crippen molar-refractivity contribution in [1.82, 2.24) is 5.48 Å². The lowest BCUT2D eigenvalue weighted by Crippen LogP contribution is -2.25. The molecule has 1 rings (SSSR count). The first-order chi connectivity index (χ1) is 6.68. The molecule has 74 valence electrons. The summed E-state index contributed by atoms with van der Waals surface area (Å²) in [6.07, 6.45) is 1.48. The molecule has 0 radical (unpaired) electrons. The van der Waals surface area contributed by atoms with Crippen LogP contribution in [0.5, 0.6) is 5.75 Å². The highest BCUT2D eigenvalue weighted by atomic mass is 16.7. The van der Waals surface area contributed by atoms with Gasteiger partial charge in [-0.1, -0.05) is 23.8 Å². The van der Waals surface area contributed by atoms with Gasteiger partial charge in [0.2, 0.25) is 0 Å². The molecule has 14 heavy (non-hydrogen) atoms. The van der Waals surface area contributed by atoms with Crippen molar-refractivity contribution in [3.05, 3.63) is 42.0 Å². The summed E-state index contributed by atoms with van der Waals surface area (Å²) in [5, 5.41) is 0. The van der Waals surface area contributed by atoms with E-state index in [1.54, 1.807) is 12.1 Å². The summed E-state index contributed by atoms with van der Waals surface area (Å²) in [6.45, 7) is 3.70. The predicted molar refractivity (Wildman–Crippen MR) is 54.6 cm³/mol. The summed E-state index contributed by atoms with van der Waals surface area (Å²) in [5.41, 5.74) is 3.24. The van der Waals surface area contributed by atoms with Crippen LogP contribution in [-0.4, -0.2) is 5.91 Å². The monoisotopic (exact) mass is 191 g/mol. The number of rotatable bonds is 3. The van der Waals surface area contributed by atoms with Gasteiger partial charge in [-0.3, -0.25) is 4.79 Å². The lowest BCUT2D eigenvalue weighted by Gasteiger charge is -2.03. The highest BCUT2D eigenvalue weighted by Gasteiger charge is 1.96. The van der Waals surface area contributed by atoms with Gasteiger partial charge in [-0.05, 0) is 26.0 Å². The summed E-state index contributed by atoms with van der Waals surface area (Å²) in [6, 6.07) is 9.08. The van der Waals surface area contributed by atoms with Crippen molar-refractivity contribution in [3.63, 3.8) is 0 Å². The summed E-state index contributed by atoms with van der Waals surface area (Å²) < 4.78 is 0. The lowest BCUT2D eigenvalue weighted by atomic mass is 10.3. The normalized spacial score (nSPS) is 9.00. The molecule has 1 aromatic rings. The SMILES string of the molecule is CC(C)=CC(=O)NOc1ccccc1. The van der Waals surface area contributed by atoms with Gasteiger partial charge in [0, 0.05) is 6.08 Å². The van der Waals surface area contributed by atoms with Crippen molar-refractivity contribution in [2.45, 2.75) is 13.8 Å². The Labute approximate surface area is 83.3 Å². The Balaban J connectivity index is 2.42. The fourth-order valence-corrected chi connectivity index (χ4v) is 0.889. The van der Waals surface area contributed by atoms with Gasteiger partial charge in [-0.25, -0.2) is 0 Å². The van der Waals surface area contributed by atoms with E-state index < -0.39 is 0 Å². The van der Waals surface area contributed by atoms with Crippen LogP contribution >= 0.6 is 0 Å². The van der Waals surface area contributed by atoms with E-state index >= 15 is 0 Å². The zero-order valence-electron chi connectivity index (χ0n) is 8.28. The third kappa shape index (κ3) is 3.76. The fourth-order valence-electron chi connectivity index (χ4n) is 0.889. The van der Waals surface area contributed by atoms with E-state index in [0.717, 1.165) is 5.57 Å². The molecule has 0 fully saturated rings. The van der Waals surface area contributed by atoms with E-state index in [1.807, 2.05) is 32.0 Å². The van der Waals surface area contributed by atoms with Gasteiger partial charge >= 0.3 is 0 Å². The molecule has 3 nitrogen and oxygen atoms in total. The fraction of sp³-hybridized carbons (Fsp3) is 0.182. The second-order valence-corrected chi connectivity index (χ2v) is 3.10. The molecule has 1 aromatic carbocycles. The summed E-state index contributed by atoms with van der Waals surface area (Å²) in [7, 11) is 0. The van der Waals surface area contributed by atoms with Crippen molar-refractivity contribution in [2.75, 3.05) is 0 Å². The lowest BCUT2D eigenvalue weighted by molar-refractivity contribution is -0.122. The van der Waals surface area contributed by atoms with Crippen LogP contribution in [-0.2, 0) is 4.79 Å². The van der Waals surface area contributed by atoms with Crippen LogP contribution in [0.25, 0.3) is 0 Å². The molecule has 0 unspecified atom stereocenters. The Morgan fingerprint density at radius 3 is 2.50 bits per heavy atom. The number of para-hydroxylation sites is 1. The Morgan fingerprint density at radius 1 is 1.29 bits per heavy atom. The van der Waals surface area contributed by atoms with Crippen LogP contribution in [0.1, 0.15) is 13.8 Å². The number of hydrogen-bond donors (Lipinski definition) is 1. The van der Waals surface area contributed by atoms with Gasteiger partial charge in [-0.15, -0.1) is 0 Å². The number of amides is 1. The maximum atomic E-state index is 11.1. The number of carbonyl (C=O) groups is 1. The Hall–Kier alpha value is -1.77. The van der Waals surface area contributed by atoms with Crippen molar-refractivity contribution in [2.24, 2.45) is 0 Å². The van der Waals surface area contributed by atoms with E-state index in [4.69, 9.17) is 4.84 Å². The minimum Gasteiger partial charge on any atom is -0.379 e. The maximum absolute atomic E-state index is 11.1. The highest BCUT2D eigenvalue weighted by Crippen LogP contribution is 2.06. The topological polar surface area (TPSA) is 38.3 Å². The van der Waals surface area contributed by atoms with Crippen molar-refractivity contribution < 1.29 is 9.63 Å². The smallest absolute Gasteiger partial charge is 0.276 e. The average molecular weight is 191 g/mol. The second kappa shape index (κ2) is 5.07. The molecular formula is C11H13NO2. The minimum absolute atomic E-state index is 0.256. The Kier molecular flexibility index (Phi) is 3.73. The zero-order chi connectivity index (χ0) is 10.4. The third-order valence-corrected chi connectivity index (χ3v) is 1.43. The predicted octanol–water partition coefficient (Wildman–Crippen LogP) is 2.06. The number of benzene rings is 1. The molecule has 0 atom stereocenters. The maximum Gasteiger partial charge on any atom is 0.276 e. The first kappa shape index (κ1) is 10.3. The van der Waals surface area contributed by atoms with Gasteiger partial charge in [0.1, 0.15) is 0 Å². The molecule has 0 saturated heterocycles. The molecular weight excluding hydrogens is 178 g/mol. The van der Waals surface area contributed by atoms with Gasteiger partial charge in [0.25, 0.3) is 5.91 Å². The molecule has 0 aliphatic rings. The number of nitrogens with one attached hydrogen (secondary N) is 1. The van der Waals surface area contributed by atoms with Crippen LogP contribution in [0.2, 0.25) is 0 Å². The van der Waals surface area contributed by atoms with E-state index in [9.17, 15) is 4.79 Å². The molecule has 0 bridgehead atoms. The van der Waals surface area contributed by atoms with Crippen LogP contribution in [0.15, 0.2) is 42.0 Å². The number of carbonyl (C=O) groups excluding carboxylic acids is 1. The molecule has 0 aliphatic carbocycles. The Morgan fingerprint density at radius 2 is 1.93 bits per heavy atom. The molecule has 0 spiro atoms. The van der Waals surface area contributed by atoms with Crippen molar-refractivity contribution >= 4 is 5.91 Å².